The summed E-state index contributed by atoms with van der Waals surface area (Å²) in [5.74, 6) is 0.187. The van der Waals surface area contributed by atoms with Crippen LogP contribution in [0.5, 0.6) is 0 Å². The lowest BCUT2D eigenvalue weighted by molar-refractivity contribution is -0.128. The summed E-state index contributed by atoms with van der Waals surface area (Å²) in [4.78, 5) is 19.0. The van der Waals surface area contributed by atoms with Crippen molar-refractivity contribution in [2.24, 2.45) is 10.7 Å². The second-order valence-corrected chi connectivity index (χ2v) is 7.74. The number of nitrogens with zero attached hydrogens (tertiary/aromatic N) is 3. The van der Waals surface area contributed by atoms with E-state index >= 15 is 0 Å². The third-order valence-electron chi connectivity index (χ3n) is 4.07. The van der Waals surface area contributed by atoms with E-state index in [0.29, 0.717) is 5.56 Å². The molecule has 0 saturated carbocycles. The quantitative estimate of drug-likeness (QED) is 0.834. The van der Waals surface area contributed by atoms with Crippen LogP contribution in [0, 0.1) is 11.3 Å². The number of guanidine groups is 1. The van der Waals surface area contributed by atoms with Crippen molar-refractivity contribution < 1.29 is 4.79 Å². The lowest BCUT2D eigenvalue weighted by Crippen LogP contribution is -2.47. The Morgan fingerprint density at radius 3 is 2.79 bits per heavy atom. The minimum atomic E-state index is -0.652. The molecule has 2 N–H and O–H groups in total. The van der Waals surface area contributed by atoms with Crippen molar-refractivity contribution in [1.82, 2.24) is 4.90 Å². The summed E-state index contributed by atoms with van der Waals surface area (Å²) < 4.78 is 0.854. The summed E-state index contributed by atoms with van der Waals surface area (Å²) in [6.07, 6.45) is 0.284. The Morgan fingerprint density at radius 2 is 2.12 bits per heavy atom. The topological polar surface area (TPSA) is 82.5 Å². The highest BCUT2D eigenvalue weighted by Crippen LogP contribution is 2.39. The van der Waals surface area contributed by atoms with Crippen molar-refractivity contribution in [2.45, 2.75) is 18.9 Å². The van der Waals surface area contributed by atoms with E-state index < -0.39 is 5.54 Å². The van der Waals surface area contributed by atoms with E-state index in [2.05, 4.69) is 27.0 Å². The van der Waals surface area contributed by atoms with E-state index in [1.165, 1.54) is 4.90 Å². The molecule has 7 heteroatoms. The van der Waals surface area contributed by atoms with Gasteiger partial charge in [-0.3, -0.25) is 9.69 Å². The summed E-state index contributed by atoms with van der Waals surface area (Å²) in [7, 11) is 1.63. The molecule has 1 aliphatic rings. The SMILES string of the molecule is CN1C(=O)C[C@@](C)(c2cc(-c3cc(Br)cc(C#N)c3)cs2)N=C1N. The minimum absolute atomic E-state index is 0.0471. The number of aliphatic imine (C=N–C) groups is 1. The fourth-order valence-corrected chi connectivity index (χ4v) is 4.16. The zero-order chi connectivity index (χ0) is 17.5. The summed E-state index contributed by atoms with van der Waals surface area (Å²) in [5.41, 5.74) is 7.76. The molecule has 1 aliphatic heterocycles. The van der Waals surface area contributed by atoms with Crippen LogP contribution in [0.1, 0.15) is 23.8 Å². The largest absolute Gasteiger partial charge is 0.369 e. The Hall–Kier alpha value is -2.17. The number of nitrogens with two attached hydrogens (primary N) is 1. The van der Waals surface area contributed by atoms with E-state index in [0.717, 1.165) is 20.5 Å². The molecule has 0 fully saturated rings. The lowest BCUT2D eigenvalue weighted by atomic mass is 9.93. The highest BCUT2D eigenvalue weighted by atomic mass is 79.9. The first kappa shape index (κ1) is 16.7. The zero-order valence-electron chi connectivity index (χ0n) is 13.2. The number of amides is 1. The number of carbonyl (C=O) groups is 1. The van der Waals surface area contributed by atoms with Gasteiger partial charge in [-0.15, -0.1) is 11.3 Å². The number of hydrogen-bond donors (Lipinski definition) is 1. The Bertz CT molecular complexity index is 898. The van der Waals surface area contributed by atoms with E-state index in [-0.39, 0.29) is 18.3 Å². The fraction of sp³-hybridized carbons (Fsp3) is 0.235. The van der Waals surface area contributed by atoms with Gasteiger partial charge in [0.2, 0.25) is 5.91 Å². The number of carbonyl (C=O) groups excluding carboxylic acids is 1. The van der Waals surface area contributed by atoms with Gasteiger partial charge in [-0.1, -0.05) is 15.9 Å². The molecule has 1 aromatic heterocycles. The maximum absolute atomic E-state index is 12.1. The van der Waals surface area contributed by atoms with Crippen molar-refractivity contribution in [2.75, 3.05) is 7.05 Å². The maximum Gasteiger partial charge on any atom is 0.231 e. The van der Waals surface area contributed by atoms with Gasteiger partial charge in [0.25, 0.3) is 0 Å². The molecule has 24 heavy (non-hydrogen) atoms. The molecule has 5 nitrogen and oxygen atoms in total. The van der Waals surface area contributed by atoms with Crippen LogP contribution in [-0.2, 0) is 10.3 Å². The molecular formula is C17H15BrN4OS. The summed E-state index contributed by atoms with van der Waals surface area (Å²) >= 11 is 4.97. The van der Waals surface area contributed by atoms with E-state index in [1.807, 2.05) is 30.5 Å². The Labute approximate surface area is 152 Å². The smallest absolute Gasteiger partial charge is 0.231 e. The number of nitriles is 1. The minimum Gasteiger partial charge on any atom is -0.369 e. The molecule has 0 aliphatic carbocycles. The van der Waals surface area contributed by atoms with Crippen molar-refractivity contribution in [3.05, 3.63) is 44.6 Å². The molecule has 0 bridgehead atoms. The predicted molar refractivity (Wildman–Crippen MR) is 98.5 cm³/mol. The van der Waals surface area contributed by atoms with Gasteiger partial charge in [0, 0.05) is 16.4 Å². The average Bonchev–Trinajstić information content (AvgIpc) is 3.03. The standard InChI is InChI=1S/C17H15BrN4OS/c1-17(7-15(23)22(2)16(20)21-17)14-6-12(9-24-14)11-3-10(8-19)4-13(18)5-11/h3-6,9H,7H2,1-2H3,(H2,20,21)/t17-/m0/s1. The average molecular weight is 403 g/mol. The Kier molecular flexibility index (Phi) is 4.20. The highest BCUT2D eigenvalue weighted by molar-refractivity contribution is 9.10. The maximum atomic E-state index is 12.1. The molecule has 2 aromatic rings. The van der Waals surface area contributed by atoms with Gasteiger partial charge >= 0.3 is 0 Å². The molecule has 1 atom stereocenters. The molecule has 122 valence electrons. The van der Waals surface area contributed by atoms with Gasteiger partial charge in [-0.2, -0.15) is 5.26 Å². The predicted octanol–water partition coefficient (Wildman–Crippen LogP) is 3.44. The van der Waals surface area contributed by atoms with Crippen molar-refractivity contribution in [1.29, 1.82) is 5.26 Å². The van der Waals surface area contributed by atoms with Crippen LogP contribution in [0.15, 0.2) is 39.1 Å². The van der Waals surface area contributed by atoms with Gasteiger partial charge in [0.15, 0.2) is 5.96 Å². The van der Waals surface area contributed by atoms with Crippen LogP contribution in [-0.4, -0.2) is 23.8 Å². The van der Waals surface area contributed by atoms with Crippen molar-refractivity contribution in [3.8, 4) is 17.2 Å². The number of thiophene rings is 1. The molecule has 3 rings (SSSR count). The van der Waals surface area contributed by atoms with Crippen LogP contribution in [0.4, 0.5) is 0 Å². The second-order valence-electron chi connectivity index (χ2n) is 5.91. The first-order valence-electron chi connectivity index (χ1n) is 7.24. The molecular weight excluding hydrogens is 388 g/mol. The molecule has 0 spiro atoms. The van der Waals surface area contributed by atoms with Crippen LogP contribution < -0.4 is 5.73 Å². The molecule has 0 unspecified atom stereocenters. The van der Waals surface area contributed by atoms with Crippen LogP contribution >= 0.6 is 27.3 Å². The Balaban J connectivity index is 2.01. The van der Waals surface area contributed by atoms with Crippen LogP contribution in [0.25, 0.3) is 11.1 Å². The number of hydrogen-bond acceptors (Lipinski definition) is 5. The van der Waals surface area contributed by atoms with E-state index in [9.17, 15) is 4.79 Å². The number of benzene rings is 1. The first-order valence-corrected chi connectivity index (χ1v) is 8.91. The summed E-state index contributed by atoms with van der Waals surface area (Å²) in [6, 6.07) is 9.76. The molecule has 1 aromatic carbocycles. The van der Waals surface area contributed by atoms with Gasteiger partial charge < -0.3 is 5.73 Å². The van der Waals surface area contributed by atoms with Gasteiger partial charge in [-0.05, 0) is 47.7 Å². The van der Waals surface area contributed by atoms with Crippen molar-refractivity contribution in [3.63, 3.8) is 0 Å². The normalized spacial score (nSPS) is 20.7. The first-order chi connectivity index (χ1) is 11.3. The monoisotopic (exact) mass is 402 g/mol. The fourth-order valence-electron chi connectivity index (χ4n) is 2.64. The van der Waals surface area contributed by atoms with E-state index in [4.69, 9.17) is 11.0 Å². The highest BCUT2D eigenvalue weighted by Gasteiger charge is 2.37. The summed E-state index contributed by atoms with van der Waals surface area (Å²) in [6.45, 7) is 1.92. The zero-order valence-corrected chi connectivity index (χ0v) is 15.6. The molecule has 2 heterocycles. The lowest BCUT2D eigenvalue weighted by Gasteiger charge is -2.32. The van der Waals surface area contributed by atoms with Gasteiger partial charge in [0.1, 0.15) is 5.54 Å². The molecule has 0 radical (unpaired) electrons. The molecule has 0 saturated heterocycles. The third kappa shape index (κ3) is 2.95. The Morgan fingerprint density at radius 1 is 1.38 bits per heavy atom. The van der Waals surface area contributed by atoms with E-state index in [1.54, 1.807) is 24.5 Å². The van der Waals surface area contributed by atoms with Crippen LogP contribution in [0.2, 0.25) is 0 Å². The summed E-state index contributed by atoms with van der Waals surface area (Å²) in [5, 5.41) is 11.1. The number of halogens is 1. The number of rotatable bonds is 2. The second kappa shape index (κ2) is 6.04. The van der Waals surface area contributed by atoms with Crippen LogP contribution in [0.3, 0.4) is 0 Å². The molecule has 1 amide bonds. The van der Waals surface area contributed by atoms with Gasteiger partial charge in [-0.25, -0.2) is 4.99 Å². The van der Waals surface area contributed by atoms with Gasteiger partial charge in [0.05, 0.1) is 18.1 Å². The third-order valence-corrected chi connectivity index (χ3v) is 5.71. The van der Waals surface area contributed by atoms with Crippen molar-refractivity contribution >= 4 is 39.1 Å².